The van der Waals surface area contributed by atoms with Crippen molar-refractivity contribution in [1.82, 2.24) is 30.7 Å². The van der Waals surface area contributed by atoms with E-state index in [9.17, 15) is 62.3 Å². The Labute approximate surface area is 770 Å². The normalized spacial score (nSPS) is 16.8. The number of imide groups is 4. The number of nitrogens with zero attached hydrogens (tertiary/aromatic N) is 3. The summed E-state index contributed by atoms with van der Waals surface area (Å²) in [6, 6.07) is 60.9. The van der Waals surface area contributed by atoms with Gasteiger partial charge in [0.2, 0.25) is 29.5 Å². The number of fused-ring (bicyclic) bond motifs is 2. The number of ether oxygens (including phenoxy) is 1. The van der Waals surface area contributed by atoms with Crippen molar-refractivity contribution < 1.29 is 82.4 Å². The van der Waals surface area contributed by atoms with Gasteiger partial charge < -0.3 is 46.6 Å². The molecule has 10 amide bonds. The summed E-state index contributed by atoms with van der Waals surface area (Å²) in [6.07, 6.45) is 7.52. The smallest absolute Gasteiger partial charge is 0.337 e. The van der Waals surface area contributed by atoms with E-state index in [2.05, 4.69) is 54.3 Å². The molecular weight excluding hydrogens is 1790 g/mol. The number of likely N-dealkylation sites (tertiary alicyclic amines) is 1. The number of amides is 10. The van der Waals surface area contributed by atoms with Crippen LogP contribution in [0.1, 0.15) is 144 Å². The van der Waals surface area contributed by atoms with Gasteiger partial charge in [-0.1, -0.05) is 217 Å². The summed E-state index contributed by atoms with van der Waals surface area (Å²) in [4.78, 5) is 157. The molecule has 34 heteroatoms. The zero-order valence-electron chi connectivity index (χ0n) is 68.6. The molecule has 5 fully saturated rings. The topological polar surface area (TPSA) is 386 Å². The minimum absolute atomic E-state index is 0.0411. The van der Waals surface area contributed by atoms with Gasteiger partial charge in [-0.2, -0.15) is 0 Å². The summed E-state index contributed by atoms with van der Waals surface area (Å²) in [7, 11) is 1.50. The highest BCUT2D eigenvalue weighted by atomic mass is 35.5. The molecule has 5 heterocycles. The van der Waals surface area contributed by atoms with Gasteiger partial charge in [-0.25, -0.2) is 4.79 Å². The van der Waals surface area contributed by atoms with Crippen LogP contribution in [0.25, 0.3) is 0 Å². The first-order valence-corrected chi connectivity index (χ1v) is 42.9. The molecule has 10 N–H and O–H groups in total. The average molecular weight is 1870 g/mol. The zero-order valence-corrected chi connectivity index (χ0v) is 73.9. The van der Waals surface area contributed by atoms with Crippen molar-refractivity contribution in [3.8, 4) is 5.75 Å². The molecule has 662 valence electrons. The van der Waals surface area contributed by atoms with Gasteiger partial charge in [0.05, 0.1) is 85.5 Å². The summed E-state index contributed by atoms with van der Waals surface area (Å²) >= 11 is 42.1. The number of aromatic carboxylic acids is 1. The fraction of sp³-hybridized carbons (Fsp3) is 0.223. The number of hydrogen-bond donors (Lipinski definition) is 10. The number of aliphatic carboxylic acids is 2. The number of benzene rings is 10. The van der Waals surface area contributed by atoms with Gasteiger partial charge >= 0.3 is 17.9 Å². The van der Waals surface area contributed by atoms with Crippen molar-refractivity contribution in [2.24, 2.45) is 11.8 Å². The van der Waals surface area contributed by atoms with Crippen LogP contribution in [0, 0.1) is 11.8 Å². The largest absolute Gasteiger partial charge is 0.496 e. The van der Waals surface area contributed by atoms with Crippen molar-refractivity contribution >= 4 is 198 Å². The Balaban J connectivity index is 0.000000149. The monoisotopic (exact) mass is 1870 g/mol. The second-order valence-corrected chi connectivity index (χ2v) is 33.2. The number of carbonyl (C=O) groups is 13. The van der Waals surface area contributed by atoms with Crippen LogP contribution in [-0.2, 0) is 52.9 Å². The standard InChI is InChI=1S/C23H26ClN3O3.2C14H11Cl2NO2.C14H12N2O4.C13H9Cl2NO2.C13H10N2O4.C3H6/c1-30-21-12-20(26-22(28)16-7-8-16)19(24)11-18(21)23(29)25-17-9-10-27(14-17)13-15-5-3-2-4-6-15;15-10-5-3-6-11(16)14(10)17-12-7-2-1-4-9(12)8-13(18)19;15-10-6-11(16)8-12(7-10)17-13-4-2-1-3-9(13)5-14(18)19;1-7-6-10(17)15-12(18)11(7)16-13(19)8-4-2-3-5-9(8)14(16)20;14-8-5-9(15)7-10(6-8)16-12-4-2-1-3-11(12)13(17)18;16-10-6-5-9(11(17)14-10)15-12(18)7-3-1-2-4-8(7)13(15)19;1-2-3-1/h2-6,11-12,16-17H,7-10,13-14H2,1H3,(H,25,29)(H,26,28);1-7,17H,8H2,(H,18,19);1-4,6-8,17H,5H2,(H,18,19);2-5,7,11H,6H2,1H3,(H,15,17,18);1-7,16H,(H,17,18);1-4,9H,5-6H2,(H,14,16,17);1-3H2/t;;;7-,11?;;;/m...0.../s1. The quantitative estimate of drug-likeness (QED) is 0.0317. The summed E-state index contributed by atoms with van der Waals surface area (Å²) < 4.78 is 5.40. The number of carboxylic acid groups (broad SMARTS) is 3. The second kappa shape index (κ2) is 45.1. The van der Waals surface area contributed by atoms with E-state index >= 15 is 0 Å². The molecule has 0 aromatic heterocycles. The molecule has 5 aliphatic heterocycles. The Kier molecular flexibility index (Phi) is 33.8. The molecule has 0 bridgehead atoms. The number of para-hydroxylation sites is 4. The summed E-state index contributed by atoms with van der Waals surface area (Å²) in [5, 5.41) is 49.6. The molecule has 3 saturated heterocycles. The van der Waals surface area contributed by atoms with Gasteiger partial charge in [0.1, 0.15) is 17.8 Å². The van der Waals surface area contributed by atoms with E-state index in [0.29, 0.717) is 108 Å². The fourth-order valence-corrected chi connectivity index (χ4v) is 15.7. The SMILES string of the molecule is C1CC1.COc1cc(NC(=O)C2CC2)c(Cl)cc1C(=O)NC1CCN(Cc2ccccc2)C1.C[C@H]1CC(=O)NC(=O)C1N1C(=O)c2ccccc2C1=O.O=C(O)Cc1ccccc1Nc1c(Cl)cccc1Cl.O=C(O)Cc1ccccc1Nc1cc(Cl)cc(Cl)c1.O=C(O)c1ccccc1Nc1cc(Cl)cc(Cl)c1.O=C1CCC(N2C(=O)c3ccccc3C2=O)C(=O)N1. The number of halogens is 7. The summed E-state index contributed by atoms with van der Waals surface area (Å²) in [5.41, 5.74) is 8.70. The molecule has 27 nitrogen and oxygen atoms in total. The number of carbonyl (C=O) groups excluding carboxylic acids is 10. The highest BCUT2D eigenvalue weighted by molar-refractivity contribution is 6.39. The summed E-state index contributed by atoms with van der Waals surface area (Å²) in [6.45, 7) is 4.29. The Morgan fingerprint density at radius 1 is 0.469 bits per heavy atom. The van der Waals surface area contributed by atoms with Crippen molar-refractivity contribution in [3.63, 3.8) is 0 Å². The molecule has 7 aliphatic rings. The molecule has 2 saturated carbocycles. The van der Waals surface area contributed by atoms with Gasteiger partial charge in [-0.3, -0.25) is 82.9 Å². The number of rotatable bonds is 20. The Bertz CT molecular complexity index is 5770. The van der Waals surface area contributed by atoms with Gasteiger partial charge in [0, 0.05) is 93.3 Å². The minimum Gasteiger partial charge on any atom is -0.496 e. The first-order chi connectivity index (χ1) is 61.3. The average Bonchev–Trinajstić information content (AvgIpc) is 1.62. The van der Waals surface area contributed by atoms with E-state index in [0.717, 1.165) is 60.1 Å². The molecule has 4 atom stereocenters. The van der Waals surface area contributed by atoms with Crippen molar-refractivity contribution in [1.29, 1.82) is 0 Å². The molecule has 10 aromatic rings. The first kappa shape index (κ1) is 95.9. The maximum atomic E-state index is 12.9. The highest BCUT2D eigenvalue weighted by Gasteiger charge is 2.48. The lowest BCUT2D eigenvalue weighted by Crippen LogP contribution is -2.58. The lowest BCUT2D eigenvalue weighted by molar-refractivity contribution is -0.139. The number of hydrogen-bond acceptors (Lipinski definition) is 18. The lowest BCUT2D eigenvalue weighted by atomic mass is 9.92. The van der Waals surface area contributed by atoms with E-state index in [1.54, 1.807) is 171 Å². The van der Waals surface area contributed by atoms with Crippen LogP contribution in [0.5, 0.6) is 5.75 Å². The number of methoxy groups -OCH3 is 1. The van der Waals surface area contributed by atoms with Crippen LogP contribution in [0.2, 0.25) is 35.2 Å². The van der Waals surface area contributed by atoms with Gasteiger partial charge in [0.25, 0.3) is 29.5 Å². The Hall–Kier alpha value is -12.7. The van der Waals surface area contributed by atoms with Crippen LogP contribution >= 0.6 is 81.2 Å². The van der Waals surface area contributed by atoms with Crippen LogP contribution in [0.15, 0.2) is 218 Å². The third kappa shape index (κ3) is 26.5. The van der Waals surface area contributed by atoms with E-state index < -0.39 is 71.4 Å². The predicted octanol–water partition coefficient (Wildman–Crippen LogP) is 18.5. The number of nitrogens with one attached hydrogen (secondary N) is 7. The predicted molar refractivity (Wildman–Crippen MR) is 490 cm³/mol. The summed E-state index contributed by atoms with van der Waals surface area (Å²) in [5.74, 6) is -6.81. The molecule has 128 heavy (non-hydrogen) atoms. The van der Waals surface area contributed by atoms with Gasteiger partial charge in [-0.15, -0.1) is 0 Å². The molecule has 10 aromatic carbocycles. The molecule has 17 rings (SSSR count). The van der Waals surface area contributed by atoms with Crippen molar-refractivity contribution in [2.45, 2.75) is 102 Å². The van der Waals surface area contributed by atoms with Crippen LogP contribution in [0.4, 0.5) is 39.8 Å². The van der Waals surface area contributed by atoms with Crippen molar-refractivity contribution in [3.05, 3.63) is 304 Å². The Morgan fingerprint density at radius 2 is 0.938 bits per heavy atom. The minimum atomic E-state index is -0.994. The second-order valence-electron chi connectivity index (χ2n) is 30.2. The van der Waals surface area contributed by atoms with E-state index in [-0.39, 0.29) is 73.3 Å². The van der Waals surface area contributed by atoms with E-state index in [1.807, 2.05) is 36.4 Å². The number of anilines is 7. The third-order valence-corrected chi connectivity index (χ3v) is 22.2. The third-order valence-electron chi connectivity index (χ3n) is 20.4. The molecule has 0 spiro atoms. The van der Waals surface area contributed by atoms with Crippen LogP contribution in [-0.4, -0.2) is 145 Å². The van der Waals surface area contributed by atoms with Crippen LogP contribution in [0.3, 0.4) is 0 Å². The maximum absolute atomic E-state index is 12.9. The molecule has 0 radical (unpaired) electrons. The fourth-order valence-electron chi connectivity index (χ4n) is 14.0. The molecular formula is C94H85Cl7N10O17. The molecule has 2 aliphatic carbocycles. The maximum Gasteiger partial charge on any atom is 0.337 e. The number of carboxylic acids is 3. The molecule has 3 unspecified atom stereocenters. The van der Waals surface area contributed by atoms with Crippen molar-refractivity contribution in [2.75, 3.05) is 41.5 Å². The van der Waals surface area contributed by atoms with E-state index in [1.165, 1.54) is 38.0 Å². The zero-order chi connectivity index (χ0) is 92.0. The Morgan fingerprint density at radius 3 is 1.42 bits per heavy atom. The first-order valence-electron chi connectivity index (χ1n) is 40.3. The number of piperidine rings is 2. The lowest BCUT2D eigenvalue weighted by Gasteiger charge is -2.32. The van der Waals surface area contributed by atoms with Crippen LogP contribution < -0.4 is 42.0 Å². The highest BCUT2D eigenvalue weighted by Crippen LogP contribution is 2.39. The van der Waals surface area contributed by atoms with Gasteiger partial charge in [-0.05, 0) is 151 Å². The van der Waals surface area contributed by atoms with Gasteiger partial charge in [0.15, 0.2) is 0 Å². The van der Waals surface area contributed by atoms with E-state index in [4.69, 9.17) is 101 Å².